The van der Waals surface area contributed by atoms with Gasteiger partial charge in [-0.2, -0.15) is 0 Å². The number of non-ortho nitro benzene ring substituents is 2. The van der Waals surface area contributed by atoms with Crippen LogP contribution >= 0.6 is 11.8 Å². The van der Waals surface area contributed by atoms with E-state index in [1.807, 2.05) is 6.92 Å². The summed E-state index contributed by atoms with van der Waals surface area (Å²) in [6.07, 6.45) is 1.38. The number of amides is 2. The summed E-state index contributed by atoms with van der Waals surface area (Å²) in [5.41, 5.74) is 1.42. The number of nitrogens with zero attached hydrogens (tertiary/aromatic N) is 5. The number of benzene rings is 2. The van der Waals surface area contributed by atoms with E-state index in [0.29, 0.717) is 30.1 Å². The molecule has 1 N–H and O–H groups in total. The second-order valence-corrected chi connectivity index (χ2v) is 16.0. The number of likely N-dealkylation sites (tertiary alicyclic amines) is 2. The van der Waals surface area contributed by atoms with Gasteiger partial charge in [-0.05, 0) is 55.2 Å². The summed E-state index contributed by atoms with van der Waals surface area (Å²) >= 11 is 1.63. The summed E-state index contributed by atoms with van der Waals surface area (Å²) in [7, 11) is 2.25. The molecular weight excluding hydrogens is 821 g/mol. The van der Waals surface area contributed by atoms with E-state index in [2.05, 4.69) is 7.05 Å². The molecule has 0 aromatic heterocycles. The minimum Gasteiger partial charge on any atom is -1.00 e. The number of quaternary nitrogens is 1. The topological polar surface area (TPSA) is 183 Å². The summed E-state index contributed by atoms with van der Waals surface area (Å²) in [5.74, 6) is -1.25. The first-order chi connectivity index (χ1) is 24.7. The van der Waals surface area contributed by atoms with E-state index < -0.39 is 33.9 Å². The van der Waals surface area contributed by atoms with E-state index in [0.717, 1.165) is 48.3 Å². The third-order valence-corrected chi connectivity index (χ3v) is 12.4. The van der Waals surface area contributed by atoms with Gasteiger partial charge >= 0.3 is 12.1 Å². The van der Waals surface area contributed by atoms with E-state index in [4.69, 9.17) is 9.47 Å². The van der Waals surface area contributed by atoms with E-state index in [1.165, 1.54) is 41.3 Å². The van der Waals surface area contributed by atoms with Crippen molar-refractivity contribution >= 4 is 41.1 Å². The van der Waals surface area contributed by atoms with Crippen molar-refractivity contribution in [2.75, 3.05) is 39.8 Å². The summed E-state index contributed by atoms with van der Waals surface area (Å²) in [5, 5.41) is 32.5. The van der Waals surface area contributed by atoms with Crippen LogP contribution in [-0.4, -0.2) is 104 Å². The number of nitro benzene ring substituents is 2. The lowest BCUT2D eigenvalue weighted by Crippen LogP contribution is -3.00. The van der Waals surface area contributed by atoms with Crippen molar-refractivity contribution in [3.05, 3.63) is 90.5 Å². The molecule has 0 saturated carbocycles. The summed E-state index contributed by atoms with van der Waals surface area (Å²) in [6.45, 7) is 7.51. The number of β-lactam (4-membered cyclic amide) rings is 1. The van der Waals surface area contributed by atoms with Gasteiger partial charge in [0.05, 0.1) is 59.8 Å². The number of piperidine rings is 1. The average Bonchev–Trinajstić information content (AvgIpc) is 3.60. The SMILES string of the molecule is CC(O)[C@H]1C(=O)N2C(C(=O)OCc3ccc([N+](=O)[O-])cc3)=C(S[C@@H]3CC[N+](C)(CC4CCN(C(=O)OCc5ccc([N+](=O)[O-])cc5)CC4)C3)[C@H](C)[C@H]12.[I-]. The van der Waals surface area contributed by atoms with Crippen molar-refractivity contribution in [2.24, 2.45) is 17.8 Å². The zero-order valence-corrected chi connectivity index (χ0v) is 32.8. The predicted octanol–water partition coefficient (Wildman–Crippen LogP) is 1.62. The van der Waals surface area contributed by atoms with Crippen LogP contribution in [0.1, 0.15) is 44.2 Å². The molecular formula is C36H44IN5O10S. The largest absolute Gasteiger partial charge is 1.00 e. The maximum atomic E-state index is 13.6. The number of carbonyl (C=O) groups excluding carboxylic acids is 3. The van der Waals surface area contributed by atoms with Crippen molar-refractivity contribution in [3.63, 3.8) is 0 Å². The molecule has 2 aromatic rings. The number of thioether (sulfide) groups is 1. The van der Waals surface area contributed by atoms with E-state index in [1.54, 1.807) is 35.7 Å². The van der Waals surface area contributed by atoms with Gasteiger partial charge in [0.2, 0.25) is 5.91 Å². The van der Waals surface area contributed by atoms with Crippen molar-refractivity contribution in [3.8, 4) is 0 Å². The lowest BCUT2D eigenvalue weighted by atomic mass is 9.79. The highest BCUT2D eigenvalue weighted by Crippen LogP contribution is 2.52. The van der Waals surface area contributed by atoms with Crippen LogP contribution in [0.2, 0.25) is 0 Å². The van der Waals surface area contributed by atoms with Crippen molar-refractivity contribution in [2.45, 2.75) is 63.7 Å². The molecule has 0 radical (unpaired) electrons. The van der Waals surface area contributed by atoms with E-state index >= 15 is 0 Å². The van der Waals surface area contributed by atoms with Crippen LogP contribution in [0.3, 0.4) is 0 Å². The molecule has 4 aliphatic heterocycles. The molecule has 2 amide bonds. The third-order valence-electron chi connectivity index (χ3n) is 10.8. The van der Waals surface area contributed by atoms with Gasteiger partial charge in [-0.3, -0.25) is 25.0 Å². The van der Waals surface area contributed by atoms with Gasteiger partial charge in [-0.15, -0.1) is 11.8 Å². The minimum absolute atomic E-state index is 0. The van der Waals surface area contributed by atoms with Gasteiger partial charge in [0.25, 0.3) is 11.4 Å². The number of halogens is 1. The Bertz CT molecular complexity index is 1750. The normalized spacial score (nSPS) is 26.0. The van der Waals surface area contributed by atoms with Gasteiger partial charge in [-0.1, -0.05) is 6.92 Å². The highest BCUT2D eigenvalue weighted by molar-refractivity contribution is 8.03. The molecule has 2 aromatic carbocycles. The molecule has 3 saturated heterocycles. The maximum Gasteiger partial charge on any atom is 0.410 e. The minimum atomic E-state index is -0.854. The first-order valence-electron chi connectivity index (χ1n) is 17.6. The van der Waals surface area contributed by atoms with Gasteiger partial charge in [-0.25, -0.2) is 9.59 Å². The van der Waals surface area contributed by atoms with Gasteiger partial charge in [0.15, 0.2) is 0 Å². The molecule has 3 fully saturated rings. The van der Waals surface area contributed by atoms with Crippen LogP contribution in [0.15, 0.2) is 59.1 Å². The number of fused-ring (bicyclic) bond motifs is 1. The van der Waals surface area contributed by atoms with Crippen LogP contribution in [0.25, 0.3) is 0 Å². The molecule has 286 valence electrons. The van der Waals surface area contributed by atoms with Crippen LogP contribution in [0.5, 0.6) is 0 Å². The Kier molecular flexibility index (Phi) is 12.7. The number of esters is 1. The van der Waals surface area contributed by atoms with Crippen LogP contribution in [-0.2, 0) is 32.3 Å². The van der Waals surface area contributed by atoms with Crippen LogP contribution in [0.4, 0.5) is 16.2 Å². The molecule has 53 heavy (non-hydrogen) atoms. The standard InChI is InChI=1S/C36H44N5O10S.HI/c1-22-31-30(23(2)42)34(43)38(31)32(35(44)50-20-25-4-8-27(9-5-25)39(46)47)33(22)52-29-14-17-41(3,19-29)18-24-12-15-37(16-13-24)36(45)51-21-26-6-10-28(11-7-26)40(48)49;/h4-11,22-24,29-31,42H,12-21H2,1-3H3;1H/q+1;/p-1/t22-,23?,29-,30-,31-,41?;/m1./s1. The highest BCUT2D eigenvalue weighted by atomic mass is 127. The number of hydrogen-bond donors (Lipinski definition) is 1. The van der Waals surface area contributed by atoms with Gasteiger partial charge in [0.1, 0.15) is 18.9 Å². The zero-order valence-electron chi connectivity index (χ0n) is 29.8. The molecule has 4 heterocycles. The Morgan fingerprint density at radius 2 is 1.51 bits per heavy atom. The van der Waals surface area contributed by atoms with Gasteiger partial charge < -0.3 is 52.8 Å². The Balaban J connectivity index is 0.00000541. The number of rotatable bonds is 12. The van der Waals surface area contributed by atoms with E-state index in [9.17, 15) is 39.7 Å². The lowest BCUT2D eigenvalue weighted by Gasteiger charge is -2.46. The van der Waals surface area contributed by atoms with Crippen molar-refractivity contribution < 1.29 is 67.3 Å². The quantitative estimate of drug-likeness (QED) is 0.0818. The maximum absolute atomic E-state index is 13.6. The molecule has 6 atom stereocenters. The molecule has 0 bridgehead atoms. The Morgan fingerprint density at radius 1 is 0.962 bits per heavy atom. The fourth-order valence-electron chi connectivity index (χ4n) is 8.04. The number of ether oxygens (including phenoxy) is 2. The predicted molar refractivity (Wildman–Crippen MR) is 189 cm³/mol. The molecule has 15 nitrogen and oxygen atoms in total. The van der Waals surface area contributed by atoms with Crippen LogP contribution < -0.4 is 24.0 Å². The van der Waals surface area contributed by atoms with Crippen LogP contribution in [0, 0.1) is 38.0 Å². The Hall–Kier alpha value is -3.81. The Labute approximate surface area is 328 Å². The summed E-state index contributed by atoms with van der Waals surface area (Å²) < 4.78 is 12.0. The fourth-order valence-corrected chi connectivity index (χ4v) is 9.71. The average molecular weight is 866 g/mol. The third kappa shape index (κ3) is 8.78. The highest BCUT2D eigenvalue weighted by Gasteiger charge is 2.60. The molecule has 6 rings (SSSR count). The monoisotopic (exact) mass is 865 g/mol. The second kappa shape index (κ2) is 16.7. The van der Waals surface area contributed by atoms with E-state index in [-0.39, 0.29) is 77.4 Å². The number of nitro groups is 2. The summed E-state index contributed by atoms with van der Waals surface area (Å²) in [4.78, 5) is 64.5. The zero-order chi connectivity index (χ0) is 37.3. The first kappa shape index (κ1) is 40.4. The first-order valence-corrected chi connectivity index (χ1v) is 18.4. The molecule has 0 aliphatic carbocycles. The number of aliphatic hydroxyl groups excluding tert-OH is 1. The molecule has 4 aliphatic rings. The summed E-state index contributed by atoms with van der Waals surface area (Å²) in [6, 6.07) is 11.4. The lowest BCUT2D eigenvalue weighted by molar-refractivity contribution is -0.900. The smallest absolute Gasteiger partial charge is 0.410 e. The van der Waals surface area contributed by atoms with Gasteiger partial charge in [0, 0.05) is 60.5 Å². The number of hydrogen-bond acceptors (Lipinski definition) is 11. The number of aliphatic hydroxyl groups is 1. The Morgan fingerprint density at radius 3 is 2.04 bits per heavy atom. The molecule has 2 unspecified atom stereocenters. The fraction of sp³-hybridized carbons (Fsp3) is 0.528. The second-order valence-electron chi connectivity index (χ2n) is 14.6. The van der Waals surface area contributed by atoms with Crippen molar-refractivity contribution in [1.29, 1.82) is 0 Å². The van der Waals surface area contributed by atoms with Crippen molar-refractivity contribution in [1.82, 2.24) is 9.80 Å². The molecule has 0 spiro atoms. The molecule has 17 heteroatoms. The number of carbonyl (C=O) groups is 3.